The van der Waals surface area contributed by atoms with Gasteiger partial charge in [0.2, 0.25) is 17.7 Å². The number of carbonyl (C=O) groups is 4. The number of aromatic amines is 2. The Morgan fingerprint density at radius 3 is 1.92 bits per heavy atom. The summed E-state index contributed by atoms with van der Waals surface area (Å²) >= 11 is 0. The highest BCUT2D eigenvalue weighted by molar-refractivity contribution is 5.94. The van der Waals surface area contributed by atoms with E-state index in [1.807, 2.05) is 0 Å². The molecule has 5 atom stereocenters. The summed E-state index contributed by atoms with van der Waals surface area (Å²) < 4.78 is 0. The maximum Gasteiger partial charge on any atom is 0.326 e. The number of aliphatic carboxylic acids is 1. The number of carbonyl (C=O) groups excluding carboxylic acids is 3. The van der Waals surface area contributed by atoms with Crippen molar-refractivity contribution in [3.63, 3.8) is 0 Å². The Bertz CT molecular complexity index is 1100. The topological polar surface area (TPSA) is 293 Å². The molecule has 2 aromatic rings. The van der Waals surface area contributed by atoms with Crippen molar-refractivity contribution in [1.29, 1.82) is 0 Å². The zero-order valence-corrected chi connectivity index (χ0v) is 21.3. The Balaban J connectivity index is 2.21. The fraction of sp³-hybridized carbons (Fsp3) is 0.500. The number of aliphatic hydroxyl groups is 1. The highest BCUT2D eigenvalue weighted by Gasteiger charge is 2.31. The van der Waals surface area contributed by atoms with E-state index in [1.165, 1.54) is 32.0 Å². The van der Waals surface area contributed by atoms with Gasteiger partial charge in [0.15, 0.2) is 5.96 Å². The lowest BCUT2D eigenvalue weighted by molar-refractivity contribution is -0.142. The van der Waals surface area contributed by atoms with Crippen molar-refractivity contribution in [3.05, 3.63) is 36.4 Å². The third-order valence-electron chi connectivity index (χ3n) is 5.61. The van der Waals surface area contributed by atoms with Gasteiger partial charge in [0.1, 0.15) is 24.2 Å². The molecule has 214 valence electrons. The highest BCUT2D eigenvalue weighted by atomic mass is 16.4. The Hall–Kier alpha value is -4.51. The van der Waals surface area contributed by atoms with Crippen molar-refractivity contribution in [2.24, 2.45) is 22.2 Å². The molecule has 0 fully saturated rings. The number of hydrogen-bond donors (Lipinski definition) is 10. The van der Waals surface area contributed by atoms with Crippen molar-refractivity contribution in [3.8, 4) is 0 Å². The van der Waals surface area contributed by atoms with Crippen molar-refractivity contribution >= 4 is 29.7 Å². The molecule has 2 heterocycles. The number of nitrogens with two attached hydrogens (primary N) is 3. The molecule has 17 heteroatoms. The summed E-state index contributed by atoms with van der Waals surface area (Å²) in [5.74, 6) is -3.75. The summed E-state index contributed by atoms with van der Waals surface area (Å²) in [6, 6.07) is -5.04. The van der Waals surface area contributed by atoms with Gasteiger partial charge in [0, 0.05) is 43.2 Å². The number of imidazole rings is 2. The smallest absolute Gasteiger partial charge is 0.326 e. The third kappa shape index (κ3) is 10.4. The molecule has 5 unspecified atom stereocenters. The summed E-state index contributed by atoms with van der Waals surface area (Å²) in [6.07, 6.45) is 4.65. The molecular weight excluding hydrogens is 514 g/mol. The first-order chi connectivity index (χ1) is 18.5. The van der Waals surface area contributed by atoms with Crippen LogP contribution >= 0.6 is 0 Å². The number of aliphatic hydroxyl groups excluding tert-OH is 1. The average Bonchev–Trinajstić information content (AvgIpc) is 3.58. The van der Waals surface area contributed by atoms with Crippen LogP contribution < -0.4 is 33.2 Å². The predicted octanol–water partition coefficient (Wildman–Crippen LogP) is -3.78. The average molecular weight is 550 g/mol. The Morgan fingerprint density at radius 2 is 1.44 bits per heavy atom. The van der Waals surface area contributed by atoms with Crippen molar-refractivity contribution in [2.75, 3.05) is 6.54 Å². The zero-order valence-electron chi connectivity index (χ0n) is 21.3. The van der Waals surface area contributed by atoms with Gasteiger partial charge in [-0.15, -0.1) is 0 Å². The molecule has 0 radical (unpaired) electrons. The van der Waals surface area contributed by atoms with Crippen LogP contribution in [-0.4, -0.2) is 96.6 Å². The predicted molar refractivity (Wildman–Crippen MR) is 138 cm³/mol. The SMILES string of the molecule is CC(O)C(N)C(=O)NC(Cc1cnc[nH]1)C(=O)NC(CCCN=C(N)N)C(=O)NC(Cc1cnc[nH]1)C(=O)O. The number of amides is 3. The molecule has 0 aromatic carbocycles. The molecule has 17 nitrogen and oxygen atoms in total. The van der Waals surface area contributed by atoms with Crippen LogP contribution in [-0.2, 0) is 32.0 Å². The molecule has 39 heavy (non-hydrogen) atoms. The minimum Gasteiger partial charge on any atom is -0.480 e. The molecule has 0 aliphatic rings. The lowest BCUT2D eigenvalue weighted by Crippen LogP contribution is -2.58. The van der Waals surface area contributed by atoms with Crippen LogP contribution in [0.2, 0.25) is 0 Å². The first-order valence-electron chi connectivity index (χ1n) is 12.0. The van der Waals surface area contributed by atoms with Gasteiger partial charge in [-0.1, -0.05) is 0 Å². The van der Waals surface area contributed by atoms with Crippen LogP contribution in [0, 0.1) is 0 Å². The van der Waals surface area contributed by atoms with Crippen LogP contribution in [0.3, 0.4) is 0 Å². The molecule has 0 saturated carbocycles. The number of aliphatic imine (C=N–C) groups is 1. The number of hydrogen-bond acceptors (Lipinski definition) is 9. The summed E-state index contributed by atoms with van der Waals surface area (Å²) in [5.41, 5.74) is 17.4. The number of aromatic nitrogens is 4. The molecular formula is C22H35N11O6. The Kier molecular flexibility index (Phi) is 11.8. The standard InChI is InChI=1S/C22H35N11O6/c1-11(34)17(23)20(37)32-15(5-12-7-26-9-29-12)19(36)31-14(3-2-4-28-22(24)25)18(35)33-16(21(38)39)6-13-8-27-10-30-13/h7-11,14-17,34H,2-6,23H2,1H3,(H,26,29)(H,27,30)(H,31,36)(H,32,37)(H,33,35)(H,38,39)(H4,24,25,28). The zero-order chi connectivity index (χ0) is 28.9. The van der Waals surface area contributed by atoms with E-state index in [2.05, 4.69) is 40.9 Å². The summed E-state index contributed by atoms with van der Waals surface area (Å²) in [7, 11) is 0. The summed E-state index contributed by atoms with van der Waals surface area (Å²) in [6.45, 7) is 1.48. The second-order valence-electron chi connectivity index (χ2n) is 8.80. The Labute approximate surface area is 223 Å². The second kappa shape index (κ2) is 15.0. The lowest BCUT2D eigenvalue weighted by Gasteiger charge is -2.25. The monoisotopic (exact) mass is 549 g/mol. The molecule has 3 amide bonds. The van der Waals surface area contributed by atoms with Crippen LogP contribution in [0.5, 0.6) is 0 Å². The van der Waals surface area contributed by atoms with Gasteiger partial charge in [-0.25, -0.2) is 14.8 Å². The quantitative estimate of drug-likeness (QED) is 0.0550. The molecule has 2 rings (SSSR count). The van der Waals surface area contributed by atoms with E-state index in [1.54, 1.807) is 0 Å². The fourth-order valence-corrected chi connectivity index (χ4v) is 3.45. The van der Waals surface area contributed by atoms with Gasteiger partial charge in [0.05, 0.1) is 18.8 Å². The number of H-pyrrole nitrogens is 2. The van der Waals surface area contributed by atoms with E-state index < -0.39 is 54.0 Å². The first-order valence-corrected chi connectivity index (χ1v) is 12.0. The van der Waals surface area contributed by atoms with Crippen LogP contribution in [0.25, 0.3) is 0 Å². The number of guanidine groups is 1. The van der Waals surface area contributed by atoms with Crippen molar-refractivity contribution in [1.82, 2.24) is 35.9 Å². The largest absolute Gasteiger partial charge is 0.480 e. The minimum atomic E-state index is -1.32. The van der Waals surface area contributed by atoms with E-state index in [0.29, 0.717) is 11.4 Å². The van der Waals surface area contributed by atoms with Gasteiger partial charge < -0.3 is 53.3 Å². The number of carboxylic acids is 1. The highest BCUT2D eigenvalue weighted by Crippen LogP contribution is 2.06. The summed E-state index contributed by atoms with van der Waals surface area (Å²) in [4.78, 5) is 67.9. The van der Waals surface area contributed by atoms with Gasteiger partial charge in [-0.05, 0) is 19.8 Å². The van der Waals surface area contributed by atoms with Crippen molar-refractivity contribution in [2.45, 2.75) is 62.9 Å². The number of carboxylic acid groups (broad SMARTS) is 1. The van der Waals surface area contributed by atoms with E-state index in [9.17, 15) is 29.4 Å². The molecule has 0 aliphatic heterocycles. The van der Waals surface area contributed by atoms with Crippen LogP contribution in [0.1, 0.15) is 31.2 Å². The molecule has 13 N–H and O–H groups in total. The number of rotatable bonds is 16. The molecule has 2 aromatic heterocycles. The molecule has 0 bridgehead atoms. The molecule has 0 aliphatic carbocycles. The maximum absolute atomic E-state index is 13.3. The molecule has 0 spiro atoms. The van der Waals surface area contributed by atoms with E-state index in [4.69, 9.17) is 17.2 Å². The lowest BCUT2D eigenvalue weighted by atomic mass is 10.1. The number of nitrogens with zero attached hydrogens (tertiary/aromatic N) is 3. The minimum absolute atomic E-state index is 0.0377. The van der Waals surface area contributed by atoms with E-state index in [0.717, 1.165) is 0 Å². The van der Waals surface area contributed by atoms with Gasteiger partial charge >= 0.3 is 5.97 Å². The summed E-state index contributed by atoms with van der Waals surface area (Å²) in [5, 5.41) is 26.7. The maximum atomic E-state index is 13.3. The van der Waals surface area contributed by atoms with Crippen molar-refractivity contribution < 1.29 is 29.4 Å². The third-order valence-corrected chi connectivity index (χ3v) is 5.61. The first kappa shape index (κ1) is 30.7. The van der Waals surface area contributed by atoms with E-state index in [-0.39, 0.29) is 38.2 Å². The second-order valence-corrected chi connectivity index (χ2v) is 8.80. The Morgan fingerprint density at radius 1 is 0.923 bits per heavy atom. The van der Waals surface area contributed by atoms with Gasteiger partial charge in [0.25, 0.3) is 0 Å². The normalized spacial score (nSPS) is 14.7. The van der Waals surface area contributed by atoms with Gasteiger partial charge in [-0.2, -0.15) is 0 Å². The van der Waals surface area contributed by atoms with Crippen LogP contribution in [0.4, 0.5) is 0 Å². The van der Waals surface area contributed by atoms with Gasteiger partial charge in [-0.3, -0.25) is 19.4 Å². The number of nitrogens with one attached hydrogen (secondary N) is 5. The molecule has 0 saturated heterocycles. The van der Waals surface area contributed by atoms with Crippen LogP contribution in [0.15, 0.2) is 30.0 Å². The van der Waals surface area contributed by atoms with E-state index >= 15 is 0 Å². The fourth-order valence-electron chi connectivity index (χ4n) is 3.45.